The number of pyridine rings is 2. The molecular weight excluding hydrogens is 432 g/mol. The summed E-state index contributed by atoms with van der Waals surface area (Å²) in [7, 11) is 0. The first-order valence-electron chi connectivity index (χ1n) is 9.16. The quantitative estimate of drug-likeness (QED) is 0.359. The van der Waals surface area contributed by atoms with E-state index in [4.69, 9.17) is 0 Å². The minimum atomic E-state index is -0.0420. The van der Waals surface area contributed by atoms with E-state index in [-0.39, 0.29) is 5.56 Å². The second-order valence-electron chi connectivity index (χ2n) is 5.85. The lowest BCUT2D eigenvalue weighted by Crippen LogP contribution is -2.21. The molecule has 4 aromatic rings. The predicted molar refractivity (Wildman–Crippen MR) is 121 cm³/mol. The molecule has 0 saturated carbocycles. The Morgan fingerprint density at radius 3 is 2.39 bits per heavy atom. The average Bonchev–Trinajstić information content (AvgIpc) is 2.75. The minimum absolute atomic E-state index is 0.0420. The van der Waals surface area contributed by atoms with Crippen LogP contribution in [-0.4, -0.2) is 9.55 Å². The SMILES string of the molecule is CC.O=c1cc(Sc2ccc(Br)cc2)c2cccnc2n1Cc1ccccc1. The largest absolute Gasteiger partial charge is 0.288 e. The van der Waals surface area contributed by atoms with Crippen LogP contribution in [-0.2, 0) is 6.54 Å². The number of aromatic nitrogens is 2. The van der Waals surface area contributed by atoms with E-state index in [0.29, 0.717) is 12.2 Å². The van der Waals surface area contributed by atoms with Gasteiger partial charge in [0.2, 0.25) is 0 Å². The summed E-state index contributed by atoms with van der Waals surface area (Å²) < 4.78 is 2.77. The molecule has 5 heteroatoms. The Hall–Kier alpha value is -2.37. The molecule has 3 nitrogen and oxygen atoms in total. The summed E-state index contributed by atoms with van der Waals surface area (Å²) in [5.41, 5.74) is 1.75. The molecule has 2 aromatic heterocycles. The van der Waals surface area contributed by atoms with Gasteiger partial charge in [-0.25, -0.2) is 4.98 Å². The van der Waals surface area contributed by atoms with Crippen LogP contribution in [0.3, 0.4) is 0 Å². The summed E-state index contributed by atoms with van der Waals surface area (Å²) in [4.78, 5) is 19.3. The van der Waals surface area contributed by atoms with Gasteiger partial charge < -0.3 is 0 Å². The van der Waals surface area contributed by atoms with E-state index in [2.05, 4.69) is 20.9 Å². The zero-order chi connectivity index (χ0) is 19.9. The zero-order valence-electron chi connectivity index (χ0n) is 15.8. The third kappa shape index (κ3) is 4.72. The summed E-state index contributed by atoms with van der Waals surface area (Å²) in [6, 6.07) is 23.7. The van der Waals surface area contributed by atoms with Crippen LogP contribution in [0.4, 0.5) is 0 Å². The summed E-state index contributed by atoms with van der Waals surface area (Å²) >= 11 is 5.03. The van der Waals surface area contributed by atoms with Crippen molar-refractivity contribution in [3.8, 4) is 0 Å². The fraction of sp³-hybridized carbons (Fsp3) is 0.130. The molecule has 2 heterocycles. The number of halogens is 1. The van der Waals surface area contributed by atoms with Crippen molar-refractivity contribution >= 4 is 38.7 Å². The van der Waals surface area contributed by atoms with Crippen molar-refractivity contribution in [2.45, 2.75) is 30.2 Å². The van der Waals surface area contributed by atoms with Gasteiger partial charge in [-0.2, -0.15) is 0 Å². The van der Waals surface area contributed by atoms with Crippen LogP contribution in [0.1, 0.15) is 19.4 Å². The normalized spacial score (nSPS) is 10.4. The average molecular weight is 453 g/mol. The standard InChI is InChI=1S/C21H15BrN2OS.C2H6/c22-16-8-10-17(11-9-16)26-19-13-20(25)24(14-15-5-2-1-3-6-15)21-18(19)7-4-12-23-21;1-2/h1-13H,14H2;1-2H3. The van der Waals surface area contributed by atoms with Gasteiger partial charge in [0.1, 0.15) is 5.65 Å². The van der Waals surface area contributed by atoms with Crippen molar-refractivity contribution in [3.63, 3.8) is 0 Å². The molecule has 4 rings (SSSR count). The number of rotatable bonds is 4. The smallest absolute Gasteiger partial charge is 0.253 e. The van der Waals surface area contributed by atoms with Crippen molar-refractivity contribution in [2.24, 2.45) is 0 Å². The third-order valence-corrected chi connectivity index (χ3v) is 5.65. The highest BCUT2D eigenvalue weighted by atomic mass is 79.9. The monoisotopic (exact) mass is 452 g/mol. The lowest BCUT2D eigenvalue weighted by Gasteiger charge is -2.12. The fourth-order valence-corrected chi connectivity index (χ4v) is 4.03. The Morgan fingerprint density at radius 2 is 1.68 bits per heavy atom. The summed E-state index contributed by atoms with van der Waals surface area (Å²) in [6.07, 6.45) is 1.73. The fourth-order valence-electron chi connectivity index (χ4n) is 2.81. The summed E-state index contributed by atoms with van der Waals surface area (Å²) in [5.74, 6) is 0. The molecule has 0 amide bonds. The maximum Gasteiger partial charge on any atom is 0.253 e. The lowest BCUT2D eigenvalue weighted by molar-refractivity contribution is 0.779. The summed E-state index contributed by atoms with van der Waals surface area (Å²) in [5, 5.41) is 0.982. The van der Waals surface area contributed by atoms with Gasteiger partial charge in [0.25, 0.3) is 5.56 Å². The molecule has 0 N–H and O–H groups in total. The van der Waals surface area contributed by atoms with Crippen LogP contribution < -0.4 is 5.56 Å². The Morgan fingerprint density at radius 1 is 0.964 bits per heavy atom. The van der Waals surface area contributed by atoms with Crippen molar-refractivity contribution in [1.82, 2.24) is 9.55 Å². The van der Waals surface area contributed by atoms with Crippen molar-refractivity contribution in [1.29, 1.82) is 0 Å². The highest BCUT2D eigenvalue weighted by Gasteiger charge is 2.11. The van der Waals surface area contributed by atoms with E-state index in [0.717, 1.165) is 25.2 Å². The highest BCUT2D eigenvalue weighted by Crippen LogP contribution is 2.32. The molecule has 142 valence electrons. The lowest BCUT2D eigenvalue weighted by atomic mass is 10.2. The molecule has 0 spiro atoms. The molecule has 0 radical (unpaired) electrons. The Kier molecular flexibility index (Phi) is 7.06. The second kappa shape index (κ2) is 9.71. The van der Waals surface area contributed by atoms with Gasteiger partial charge in [0.15, 0.2) is 0 Å². The van der Waals surface area contributed by atoms with Gasteiger partial charge in [-0.05, 0) is 42.0 Å². The molecule has 0 bridgehead atoms. The van der Waals surface area contributed by atoms with Gasteiger partial charge in [-0.1, -0.05) is 71.9 Å². The van der Waals surface area contributed by atoms with E-state index in [1.54, 1.807) is 28.6 Å². The Balaban J connectivity index is 0.00000109. The Bertz CT molecular complexity index is 1110. The van der Waals surface area contributed by atoms with Gasteiger partial charge in [0.05, 0.1) is 6.54 Å². The second-order valence-corrected chi connectivity index (χ2v) is 7.88. The summed E-state index contributed by atoms with van der Waals surface area (Å²) in [6.45, 7) is 4.51. The maximum absolute atomic E-state index is 12.8. The van der Waals surface area contributed by atoms with Crippen molar-refractivity contribution in [3.05, 3.63) is 99.4 Å². The molecular formula is C23H21BrN2OS. The van der Waals surface area contributed by atoms with Crippen LogP contribution >= 0.6 is 27.7 Å². The van der Waals surface area contributed by atoms with Crippen molar-refractivity contribution < 1.29 is 0 Å². The van der Waals surface area contributed by atoms with E-state index in [9.17, 15) is 4.79 Å². The molecule has 0 aliphatic carbocycles. The first-order chi connectivity index (χ1) is 13.7. The number of hydrogen-bond acceptors (Lipinski definition) is 3. The van der Waals surface area contributed by atoms with E-state index < -0.39 is 0 Å². The first kappa shape index (κ1) is 20.4. The molecule has 0 saturated heterocycles. The third-order valence-electron chi connectivity index (χ3n) is 4.05. The van der Waals surface area contributed by atoms with Gasteiger partial charge >= 0.3 is 0 Å². The van der Waals surface area contributed by atoms with Gasteiger partial charge in [-0.15, -0.1) is 0 Å². The van der Waals surface area contributed by atoms with E-state index in [1.807, 2.05) is 80.6 Å². The number of benzene rings is 2. The van der Waals surface area contributed by atoms with Gasteiger partial charge in [-0.3, -0.25) is 9.36 Å². The molecule has 0 aliphatic rings. The zero-order valence-corrected chi connectivity index (χ0v) is 18.2. The van der Waals surface area contributed by atoms with Crippen LogP contribution in [0.25, 0.3) is 11.0 Å². The maximum atomic E-state index is 12.8. The number of hydrogen-bond donors (Lipinski definition) is 0. The molecule has 0 aliphatic heterocycles. The molecule has 2 aromatic carbocycles. The number of fused-ring (bicyclic) bond motifs is 1. The first-order valence-corrected chi connectivity index (χ1v) is 10.8. The van der Waals surface area contributed by atoms with Crippen LogP contribution in [0, 0.1) is 0 Å². The molecule has 0 atom stereocenters. The van der Waals surface area contributed by atoms with E-state index >= 15 is 0 Å². The van der Waals surface area contributed by atoms with Crippen LogP contribution in [0.2, 0.25) is 0 Å². The topological polar surface area (TPSA) is 34.9 Å². The van der Waals surface area contributed by atoms with Crippen molar-refractivity contribution in [2.75, 3.05) is 0 Å². The molecule has 0 fully saturated rings. The Labute approximate surface area is 177 Å². The highest BCUT2D eigenvalue weighted by molar-refractivity contribution is 9.10. The predicted octanol–water partition coefficient (Wildman–Crippen LogP) is 6.38. The molecule has 28 heavy (non-hydrogen) atoms. The molecule has 0 unspecified atom stereocenters. The minimum Gasteiger partial charge on any atom is -0.288 e. The number of nitrogens with zero attached hydrogens (tertiary/aromatic N) is 2. The van der Waals surface area contributed by atoms with Gasteiger partial charge in [0, 0.05) is 31.9 Å². The van der Waals surface area contributed by atoms with Crippen LogP contribution in [0.5, 0.6) is 0 Å². The van der Waals surface area contributed by atoms with Crippen LogP contribution in [0.15, 0.2) is 98.1 Å². The van der Waals surface area contributed by atoms with E-state index in [1.165, 1.54) is 0 Å².